The third-order valence-corrected chi connectivity index (χ3v) is 4.52. The molecule has 144 valence electrons. The van der Waals surface area contributed by atoms with Gasteiger partial charge < -0.3 is 15.4 Å². The van der Waals surface area contributed by atoms with E-state index in [1.54, 1.807) is 24.3 Å². The normalized spacial score (nSPS) is 16.1. The summed E-state index contributed by atoms with van der Waals surface area (Å²) in [5, 5.41) is 6.38. The summed E-state index contributed by atoms with van der Waals surface area (Å²) in [4.78, 5) is 26.4. The fourth-order valence-corrected chi connectivity index (χ4v) is 3.00. The highest BCUT2D eigenvalue weighted by atomic mass is 35.5. The molecule has 1 aliphatic heterocycles. The van der Waals surface area contributed by atoms with Crippen LogP contribution in [0, 0.1) is 5.92 Å². The van der Waals surface area contributed by atoms with E-state index in [4.69, 9.17) is 16.3 Å². The maximum Gasteiger partial charge on any atom is 0.224 e. The minimum Gasteiger partial charge on any atom is -0.379 e. The SMILES string of the molecule is CC(CC(=O)NCCCN1CCOCC1)CC(=O)Nc1ccc(Cl)cc1. The van der Waals surface area contributed by atoms with Gasteiger partial charge in [0, 0.05) is 43.2 Å². The molecule has 26 heavy (non-hydrogen) atoms. The van der Waals surface area contributed by atoms with E-state index in [2.05, 4.69) is 15.5 Å². The number of carbonyl (C=O) groups excluding carboxylic acids is 2. The van der Waals surface area contributed by atoms with E-state index in [1.165, 1.54) is 0 Å². The molecule has 1 aromatic rings. The van der Waals surface area contributed by atoms with Crippen molar-refractivity contribution in [2.75, 3.05) is 44.7 Å². The van der Waals surface area contributed by atoms with Crippen molar-refractivity contribution in [1.29, 1.82) is 0 Å². The first-order valence-corrected chi connectivity index (χ1v) is 9.53. The summed E-state index contributed by atoms with van der Waals surface area (Å²) >= 11 is 5.82. The molecule has 6 nitrogen and oxygen atoms in total. The standard InChI is InChI=1S/C19H28ClN3O3/c1-15(14-19(25)22-17-5-3-16(20)4-6-17)13-18(24)21-7-2-8-23-9-11-26-12-10-23/h3-6,15H,2,7-14H2,1H3,(H,21,24)(H,22,25). The Balaban J connectivity index is 1.57. The van der Waals surface area contributed by atoms with Gasteiger partial charge in [0.2, 0.25) is 11.8 Å². The van der Waals surface area contributed by atoms with Gasteiger partial charge in [-0.05, 0) is 43.1 Å². The van der Waals surface area contributed by atoms with Gasteiger partial charge in [0.05, 0.1) is 13.2 Å². The van der Waals surface area contributed by atoms with Gasteiger partial charge in [-0.3, -0.25) is 14.5 Å². The first-order chi connectivity index (χ1) is 12.5. The van der Waals surface area contributed by atoms with Gasteiger partial charge in [0.25, 0.3) is 0 Å². The van der Waals surface area contributed by atoms with Crippen LogP contribution in [0.2, 0.25) is 5.02 Å². The van der Waals surface area contributed by atoms with Gasteiger partial charge in [-0.15, -0.1) is 0 Å². The Morgan fingerprint density at radius 3 is 2.50 bits per heavy atom. The fourth-order valence-electron chi connectivity index (χ4n) is 2.88. The first kappa shape index (κ1) is 20.7. The molecule has 7 heteroatoms. The molecule has 0 bridgehead atoms. The third-order valence-electron chi connectivity index (χ3n) is 4.27. The van der Waals surface area contributed by atoms with Crippen LogP contribution in [-0.4, -0.2) is 56.1 Å². The minimum atomic E-state index is -0.0973. The highest BCUT2D eigenvalue weighted by molar-refractivity contribution is 6.30. The predicted octanol–water partition coefficient (Wildman–Crippen LogP) is 2.53. The monoisotopic (exact) mass is 381 g/mol. The van der Waals surface area contributed by atoms with Gasteiger partial charge in [0.1, 0.15) is 0 Å². The number of hydrogen-bond acceptors (Lipinski definition) is 4. The lowest BCUT2D eigenvalue weighted by Gasteiger charge is -2.26. The van der Waals surface area contributed by atoms with Crippen LogP contribution in [0.5, 0.6) is 0 Å². The zero-order chi connectivity index (χ0) is 18.8. The summed E-state index contributed by atoms with van der Waals surface area (Å²) in [7, 11) is 0. The topological polar surface area (TPSA) is 70.7 Å². The van der Waals surface area contributed by atoms with Gasteiger partial charge in [-0.2, -0.15) is 0 Å². The van der Waals surface area contributed by atoms with Gasteiger partial charge >= 0.3 is 0 Å². The van der Waals surface area contributed by atoms with Crippen molar-refractivity contribution in [3.05, 3.63) is 29.3 Å². The smallest absolute Gasteiger partial charge is 0.224 e. The Morgan fingerprint density at radius 2 is 1.81 bits per heavy atom. The number of benzene rings is 1. The fraction of sp³-hybridized carbons (Fsp3) is 0.579. The van der Waals surface area contributed by atoms with Gasteiger partial charge in [0.15, 0.2) is 0 Å². The zero-order valence-corrected chi connectivity index (χ0v) is 16.1. The number of hydrogen-bond donors (Lipinski definition) is 2. The van der Waals surface area contributed by atoms with Crippen LogP contribution in [0.1, 0.15) is 26.2 Å². The van der Waals surface area contributed by atoms with Crippen LogP contribution in [0.3, 0.4) is 0 Å². The van der Waals surface area contributed by atoms with E-state index in [9.17, 15) is 9.59 Å². The van der Waals surface area contributed by atoms with E-state index < -0.39 is 0 Å². The number of nitrogens with one attached hydrogen (secondary N) is 2. The molecule has 2 amide bonds. The van der Waals surface area contributed by atoms with Crippen LogP contribution < -0.4 is 10.6 Å². The summed E-state index contributed by atoms with van der Waals surface area (Å²) in [6.45, 7) is 7.07. The molecule has 0 radical (unpaired) electrons. The largest absolute Gasteiger partial charge is 0.379 e. The summed E-state index contributed by atoms with van der Waals surface area (Å²) in [6.07, 6.45) is 1.59. The van der Waals surface area contributed by atoms with Gasteiger partial charge in [-0.1, -0.05) is 18.5 Å². The third kappa shape index (κ3) is 8.17. The van der Waals surface area contributed by atoms with Crippen molar-refractivity contribution >= 4 is 29.1 Å². The molecule has 0 aliphatic carbocycles. The molecular formula is C19H28ClN3O3. The Labute approximate surface area is 160 Å². The van der Waals surface area contributed by atoms with Crippen LogP contribution >= 0.6 is 11.6 Å². The number of halogens is 1. The van der Waals surface area contributed by atoms with Crippen LogP contribution in [0.4, 0.5) is 5.69 Å². The van der Waals surface area contributed by atoms with Crippen molar-refractivity contribution in [2.45, 2.75) is 26.2 Å². The predicted molar refractivity (Wildman–Crippen MR) is 103 cm³/mol. The molecule has 1 unspecified atom stereocenters. The lowest BCUT2D eigenvalue weighted by atomic mass is 10.0. The molecule has 1 saturated heterocycles. The van der Waals surface area contributed by atoms with Gasteiger partial charge in [-0.25, -0.2) is 0 Å². The highest BCUT2D eigenvalue weighted by Gasteiger charge is 2.14. The second kappa shape index (κ2) is 11.2. The average molecular weight is 382 g/mol. The maximum atomic E-state index is 12.0. The maximum absolute atomic E-state index is 12.0. The Morgan fingerprint density at radius 1 is 1.15 bits per heavy atom. The van der Waals surface area contributed by atoms with E-state index in [-0.39, 0.29) is 17.7 Å². The van der Waals surface area contributed by atoms with Crippen molar-refractivity contribution in [1.82, 2.24) is 10.2 Å². The number of ether oxygens (including phenoxy) is 1. The summed E-state index contributed by atoms with van der Waals surface area (Å²) in [5.74, 6) is -0.111. The van der Waals surface area contributed by atoms with Crippen molar-refractivity contribution in [3.8, 4) is 0 Å². The number of rotatable bonds is 9. The first-order valence-electron chi connectivity index (χ1n) is 9.15. The second-order valence-corrected chi connectivity index (χ2v) is 7.16. The summed E-state index contributed by atoms with van der Waals surface area (Å²) in [5.41, 5.74) is 0.708. The Kier molecular flexibility index (Phi) is 8.88. The van der Waals surface area contributed by atoms with Crippen LogP contribution in [0.15, 0.2) is 24.3 Å². The zero-order valence-electron chi connectivity index (χ0n) is 15.3. The molecular weight excluding hydrogens is 354 g/mol. The number of amides is 2. The number of carbonyl (C=O) groups is 2. The molecule has 0 spiro atoms. The van der Waals surface area contributed by atoms with E-state index >= 15 is 0 Å². The molecule has 0 saturated carbocycles. The van der Waals surface area contributed by atoms with Crippen molar-refractivity contribution in [2.24, 2.45) is 5.92 Å². The summed E-state index contributed by atoms with van der Waals surface area (Å²) in [6, 6.07) is 6.97. The number of nitrogens with zero attached hydrogens (tertiary/aromatic N) is 1. The molecule has 0 aromatic heterocycles. The number of anilines is 1. The lowest BCUT2D eigenvalue weighted by Crippen LogP contribution is -2.38. The Hall–Kier alpha value is -1.63. The lowest BCUT2D eigenvalue weighted by molar-refractivity contribution is -0.122. The highest BCUT2D eigenvalue weighted by Crippen LogP contribution is 2.15. The molecule has 1 aliphatic rings. The van der Waals surface area contributed by atoms with Crippen LogP contribution in [0.25, 0.3) is 0 Å². The number of morpholine rings is 1. The van der Waals surface area contributed by atoms with Crippen molar-refractivity contribution in [3.63, 3.8) is 0 Å². The van der Waals surface area contributed by atoms with Crippen LogP contribution in [-0.2, 0) is 14.3 Å². The Bertz CT molecular complexity index is 574. The molecule has 2 rings (SSSR count). The second-order valence-electron chi connectivity index (χ2n) is 6.73. The van der Waals surface area contributed by atoms with E-state index in [0.717, 1.165) is 39.3 Å². The average Bonchev–Trinajstić information content (AvgIpc) is 2.61. The van der Waals surface area contributed by atoms with Crippen molar-refractivity contribution < 1.29 is 14.3 Å². The molecule has 1 heterocycles. The summed E-state index contributed by atoms with van der Waals surface area (Å²) < 4.78 is 5.31. The van der Waals surface area contributed by atoms with E-state index in [1.807, 2.05) is 6.92 Å². The minimum absolute atomic E-state index is 0.00114. The van der Waals surface area contributed by atoms with E-state index in [0.29, 0.717) is 30.1 Å². The molecule has 1 atom stereocenters. The quantitative estimate of drug-likeness (QED) is 0.645. The molecule has 2 N–H and O–H groups in total. The molecule has 1 aromatic carbocycles. The molecule has 1 fully saturated rings.